The van der Waals surface area contributed by atoms with Crippen LogP contribution in [0, 0.1) is 28.9 Å². The Labute approximate surface area is 302 Å². The zero-order valence-corrected chi connectivity index (χ0v) is 29.4. The summed E-state index contributed by atoms with van der Waals surface area (Å²) in [5, 5.41) is 22.1. The molecule has 3 aromatic rings. The fourth-order valence-corrected chi connectivity index (χ4v) is 5.21. The Morgan fingerprint density at radius 1 is 1.15 bits per heavy atom. The number of carboxylic acid groups (broad SMARTS) is 1. The van der Waals surface area contributed by atoms with E-state index in [1.54, 1.807) is 23.1 Å². The smallest absolute Gasteiger partial charge is 0.374 e. The third kappa shape index (κ3) is 11.2. The molecule has 2 aliphatic rings. The van der Waals surface area contributed by atoms with Gasteiger partial charge in [-0.05, 0) is 56.8 Å². The van der Waals surface area contributed by atoms with Crippen molar-refractivity contribution in [3.63, 3.8) is 0 Å². The van der Waals surface area contributed by atoms with Crippen molar-refractivity contribution in [3.05, 3.63) is 64.6 Å². The van der Waals surface area contributed by atoms with Crippen molar-refractivity contribution in [1.82, 2.24) is 24.7 Å². The number of piperidine rings is 1. The number of nitriles is 1. The Bertz CT molecular complexity index is 1780. The first kappa shape index (κ1) is 41.4. The first-order chi connectivity index (χ1) is 24.6. The molecule has 280 valence electrons. The van der Waals surface area contributed by atoms with Gasteiger partial charge in [0.25, 0.3) is 11.8 Å². The van der Waals surface area contributed by atoms with E-state index in [-0.39, 0.29) is 28.0 Å². The van der Waals surface area contributed by atoms with Gasteiger partial charge < -0.3 is 39.6 Å². The molecule has 2 fully saturated rings. The summed E-state index contributed by atoms with van der Waals surface area (Å²) < 4.78 is 57.7. The van der Waals surface area contributed by atoms with Gasteiger partial charge >= 0.3 is 11.9 Å². The lowest BCUT2D eigenvalue weighted by Crippen LogP contribution is -2.47. The first-order valence-electron chi connectivity index (χ1n) is 15.9. The average Bonchev–Trinajstić information content (AvgIpc) is 3.50. The predicted molar refractivity (Wildman–Crippen MR) is 182 cm³/mol. The maximum absolute atomic E-state index is 14.7. The highest BCUT2D eigenvalue weighted by Crippen LogP contribution is 2.30. The highest BCUT2D eigenvalue weighted by molar-refractivity contribution is 6.34. The minimum atomic E-state index is -3.58. The second-order valence-corrected chi connectivity index (χ2v) is 12.3. The molecule has 1 atom stereocenters. The fraction of sp³-hybridized carbons (Fsp3) is 0.412. The molecule has 0 aliphatic carbocycles. The van der Waals surface area contributed by atoms with Crippen molar-refractivity contribution in [2.45, 2.75) is 25.7 Å². The number of imidazole rings is 1. The summed E-state index contributed by atoms with van der Waals surface area (Å²) in [5.74, 6) is -9.07. The van der Waals surface area contributed by atoms with E-state index in [1.807, 2.05) is 7.05 Å². The number of likely N-dealkylation sites (N-methyl/N-ethyl adjacent to an activating group) is 1. The van der Waals surface area contributed by atoms with E-state index < -0.39 is 41.8 Å². The molecule has 2 amide bonds. The van der Waals surface area contributed by atoms with E-state index in [1.165, 1.54) is 36.0 Å². The van der Waals surface area contributed by atoms with E-state index in [9.17, 15) is 36.7 Å². The number of aldehydes is 1. The van der Waals surface area contributed by atoms with Gasteiger partial charge in [-0.15, -0.1) is 0 Å². The van der Waals surface area contributed by atoms with Crippen LogP contribution in [0.1, 0.15) is 40.7 Å². The molecule has 3 heterocycles. The molecule has 3 N–H and O–H groups in total. The van der Waals surface area contributed by atoms with E-state index in [0.717, 1.165) is 45.3 Å². The molecule has 0 radical (unpaired) electrons. The Kier molecular flexibility index (Phi) is 15.1. The molecule has 52 heavy (non-hydrogen) atoms. The molecule has 5 rings (SSSR count). The van der Waals surface area contributed by atoms with Gasteiger partial charge in [0.1, 0.15) is 12.4 Å². The second kappa shape index (κ2) is 19.0. The van der Waals surface area contributed by atoms with Crippen LogP contribution < -0.4 is 15.4 Å². The van der Waals surface area contributed by atoms with Crippen molar-refractivity contribution in [3.8, 4) is 23.1 Å². The standard InChI is InChI=1S/C25H23ClF2N6O3.C6H11NO.C3H4F2O2/c1-32-8-10-34(11-9-32)25(36)16-4-3-15(13-18(16)26)31-24(35)23-30-14-19(33(23)2)17-5-6-20(37-12-7-29)22(28)21(17)27;8-5-6-2-1-3-7-4-6;1-3(4,5)2(6)7/h3-6,13-14H,8-12H2,1-2H3,(H,31,35);5-7H,1-4H2;1H3,(H,6,7)/t;6-;/m.0./s1. The molecule has 2 saturated heterocycles. The molecular weight excluding hydrogens is 714 g/mol. The number of carbonyl (C=O) groups excluding carboxylic acids is 3. The van der Waals surface area contributed by atoms with Crippen LogP contribution in [0.25, 0.3) is 11.3 Å². The zero-order chi connectivity index (χ0) is 38.6. The largest absolute Gasteiger partial charge is 0.477 e. The lowest BCUT2D eigenvalue weighted by molar-refractivity contribution is -0.161. The fourth-order valence-electron chi connectivity index (χ4n) is 4.95. The van der Waals surface area contributed by atoms with Crippen LogP contribution in [0.2, 0.25) is 5.02 Å². The third-order valence-electron chi connectivity index (χ3n) is 7.96. The van der Waals surface area contributed by atoms with Gasteiger partial charge in [0.2, 0.25) is 5.82 Å². The highest BCUT2D eigenvalue weighted by atomic mass is 35.5. The number of piperazine rings is 1. The maximum Gasteiger partial charge on any atom is 0.374 e. The Balaban J connectivity index is 0.000000403. The number of nitrogens with one attached hydrogen (secondary N) is 2. The summed E-state index contributed by atoms with van der Waals surface area (Å²) in [6.07, 6.45) is 4.53. The van der Waals surface area contributed by atoms with Gasteiger partial charge in [0, 0.05) is 63.9 Å². The van der Waals surface area contributed by atoms with E-state index in [4.69, 9.17) is 26.7 Å². The summed E-state index contributed by atoms with van der Waals surface area (Å²) in [5.41, 5.74) is 0.694. The summed E-state index contributed by atoms with van der Waals surface area (Å²) in [7, 11) is 3.48. The number of anilines is 1. The molecule has 18 heteroatoms. The summed E-state index contributed by atoms with van der Waals surface area (Å²) in [6, 6.07) is 8.75. The number of hydrogen-bond acceptors (Lipinski definition) is 9. The predicted octanol–water partition coefficient (Wildman–Crippen LogP) is 4.47. The van der Waals surface area contributed by atoms with Crippen LogP contribution >= 0.6 is 11.6 Å². The molecule has 0 unspecified atom stereocenters. The normalized spacial score (nSPS) is 15.9. The van der Waals surface area contributed by atoms with Crippen LogP contribution in [0.3, 0.4) is 0 Å². The number of aromatic nitrogens is 2. The van der Waals surface area contributed by atoms with E-state index >= 15 is 0 Å². The van der Waals surface area contributed by atoms with Gasteiger partial charge in [-0.1, -0.05) is 11.6 Å². The first-order valence-corrected chi connectivity index (χ1v) is 16.3. The third-order valence-corrected chi connectivity index (χ3v) is 8.27. The summed E-state index contributed by atoms with van der Waals surface area (Å²) in [6.45, 7) is 4.64. The Morgan fingerprint density at radius 2 is 1.83 bits per heavy atom. The SMILES string of the molecule is CC(F)(F)C(=O)O.CN1CCN(C(=O)c2ccc(NC(=O)c3ncc(-c4ccc(OCC#N)c(F)c4F)n3C)cc2Cl)CC1.O=C[C@H]1CCCNC1. The number of carboxylic acids is 1. The molecule has 2 aliphatic heterocycles. The highest BCUT2D eigenvalue weighted by Gasteiger charge is 2.31. The van der Waals surface area contributed by atoms with Crippen molar-refractivity contribution in [2.24, 2.45) is 13.0 Å². The van der Waals surface area contributed by atoms with Gasteiger partial charge in [-0.2, -0.15) is 18.4 Å². The Hall–Kier alpha value is -5.05. The van der Waals surface area contributed by atoms with Gasteiger partial charge in [-0.25, -0.2) is 14.2 Å². The van der Waals surface area contributed by atoms with Crippen molar-refractivity contribution >= 4 is 41.4 Å². The number of nitrogens with zero attached hydrogens (tertiary/aromatic N) is 5. The molecule has 0 spiro atoms. The lowest BCUT2D eigenvalue weighted by atomic mass is 10.0. The number of rotatable bonds is 8. The molecule has 1 aromatic heterocycles. The summed E-state index contributed by atoms with van der Waals surface area (Å²) in [4.78, 5) is 53.0. The van der Waals surface area contributed by atoms with Crippen LogP contribution in [-0.2, 0) is 16.6 Å². The molecule has 0 bridgehead atoms. The van der Waals surface area contributed by atoms with Crippen molar-refractivity contribution < 1.29 is 46.6 Å². The number of benzene rings is 2. The van der Waals surface area contributed by atoms with Crippen LogP contribution in [0.4, 0.5) is 23.2 Å². The molecule has 13 nitrogen and oxygen atoms in total. The van der Waals surface area contributed by atoms with Crippen LogP contribution in [-0.4, -0.2) is 107 Å². The van der Waals surface area contributed by atoms with Gasteiger partial charge in [-0.3, -0.25) is 9.59 Å². The summed E-state index contributed by atoms with van der Waals surface area (Å²) >= 11 is 6.36. The number of hydrogen-bond donors (Lipinski definition) is 3. The quantitative estimate of drug-likeness (QED) is 0.221. The van der Waals surface area contributed by atoms with E-state index in [0.29, 0.717) is 37.2 Å². The number of aliphatic carboxylic acids is 1. The second-order valence-electron chi connectivity index (χ2n) is 11.9. The maximum atomic E-state index is 14.7. The average molecular weight is 752 g/mol. The number of halogens is 5. The minimum absolute atomic E-state index is 0.0617. The van der Waals surface area contributed by atoms with Crippen LogP contribution in [0.5, 0.6) is 5.75 Å². The van der Waals surface area contributed by atoms with Crippen molar-refractivity contribution in [2.75, 3.05) is 58.2 Å². The minimum Gasteiger partial charge on any atom is -0.477 e. The van der Waals surface area contributed by atoms with Gasteiger partial charge in [0.15, 0.2) is 24.0 Å². The number of ether oxygens (including phenoxy) is 1. The van der Waals surface area contributed by atoms with Crippen molar-refractivity contribution in [1.29, 1.82) is 5.26 Å². The molecular formula is C34H38ClF4N7O6. The Morgan fingerprint density at radius 3 is 2.37 bits per heavy atom. The number of alkyl halides is 2. The zero-order valence-electron chi connectivity index (χ0n) is 28.6. The monoisotopic (exact) mass is 751 g/mol. The topological polar surface area (TPSA) is 170 Å². The van der Waals surface area contributed by atoms with E-state index in [2.05, 4.69) is 20.5 Å². The number of carbonyl (C=O) groups is 4. The van der Waals surface area contributed by atoms with Gasteiger partial charge in [0.05, 0.1) is 22.5 Å². The van der Waals surface area contributed by atoms with Crippen LogP contribution in [0.15, 0.2) is 36.5 Å². The molecule has 2 aromatic carbocycles. The lowest BCUT2D eigenvalue weighted by Gasteiger charge is -2.32. The number of amides is 2. The molecule has 0 saturated carbocycles.